The molecule has 7 heteroatoms. The van der Waals surface area contributed by atoms with Crippen molar-refractivity contribution < 1.29 is 17.9 Å². The molecule has 0 unspecified atom stereocenters. The Balaban J connectivity index is 2.78. The van der Waals surface area contributed by atoms with Crippen LogP contribution in [0.15, 0.2) is 12.3 Å². The van der Waals surface area contributed by atoms with Crippen molar-refractivity contribution in [3.8, 4) is 5.88 Å². The van der Waals surface area contributed by atoms with Crippen LogP contribution in [0.2, 0.25) is 0 Å². The van der Waals surface area contributed by atoms with Crippen LogP contribution in [0.5, 0.6) is 5.88 Å². The number of ether oxygens (including phenoxy) is 1. The van der Waals surface area contributed by atoms with Gasteiger partial charge in [0.05, 0.1) is 18.6 Å². The highest BCUT2D eigenvalue weighted by Gasteiger charge is 2.27. The van der Waals surface area contributed by atoms with Crippen LogP contribution >= 0.6 is 12.2 Å². The number of rotatable bonds is 4. The molecule has 1 aromatic heterocycles. The molecule has 0 saturated carbocycles. The number of halogens is 3. The Labute approximate surface area is 102 Å². The van der Waals surface area contributed by atoms with Gasteiger partial charge in [-0.05, 0) is 18.6 Å². The summed E-state index contributed by atoms with van der Waals surface area (Å²) in [6.45, 7) is 1.22. The van der Waals surface area contributed by atoms with Crippen molar-refractivity contribution in [3.63, 3.8) is 0 Å². The van der Waals surface area contributed by atoms with Crippen molar-refractivity contribution in [2.75, 3.05) is 6.61 Å². The molecular formula is C10H11F3N2OS. The van der Waals surface area contributed by atoms with E-state index in [2.05, 4.69) is 4.98 Å². The Morgan fingerprint density at radius 2 is 2.18 bits per heavy atom. The van der Waals surface area contributed by atoms with E-state index in [1.54, 1.807) is 13.0 Å². The van der Waals surface area contributed by atoms with Gasteiger partial charge in [-0.2, -0.15) is 13.2 Å². The highest BCUT2D eigenvalue weighted by Crippen LogP contribution is 2.22. The van der Waals surface area contributed by atoms with Crippen molar-refractivity contribution in [1.29, 1.82) is 0 Å². The van der Waals surface area contributed by atoms with E-state index in [0.717, 1.165) is 5.56 Å². The molecule has 3 nitrogen and oxygen atoms in total. The van der Waals surface area contributed by atoms with Gasteiger partial charge in [-0.1, -0.05) is 12.2 Å². The predicted molar refractivity (Wildman–Crippen MR) is 61.0 cm³/mol. The van der Waals surface area contributed by atoms with E-state index in [1.807, 2.05) is 0 Å². The molecule has 1 rings (SSSR count). The molecule has 0 aliphatic carbocycles. The summed E-state index contributed by atoms with van der Waals surface area (Å²) >= 11 is 4.80. The maximum atomic E-state index is 11.9. The monoisotopic (exact) mass is 264 g/mol. The second-order valence-electron chi connectivity index (χ2n) is 3.39. The minimum absolute atomic E-state index is 0.0433. The lowest BCUT2D eigenvalue weighted by atomic mass is 10.1. The standard InChI is InChI=1S/C10H11F3N2OS/c1-6-2-4-15-9(7(6)8(14)17)16-5-3-10(11,12)13/h2,4H,3,5H2,1H3,(H2,14,17). The lowest BCUT2D eigenvalue weighted by Crippen LogP contribution is -2.17. The fourth-order valence-electron chi connectivity index (χ4n) is 1.21. The molecule has 0 spiro atoms. The lowest BCUT2D eigenvalue weighted by molar-refractivity contribution is -0.139. The molecule has 17 heavy (non-hydrogen) atoms. The topological polar surface area (TPSA) is 48.1 Å². The summed E-state index contributed by atoms with van der Waals surface area (Å²) in [4.78, 5) is 3.88. The number of aromatic nitrogens is 1. The number of aryl methyl sites for hydroxylation is 1. The Morgan fingerprint density at radius 1 is 1.53 bits per heavy atom. The zero-order valence-electron chi connectivity index (χ0n) is 9.04. The van der Waals surface area contributed by atoms with Gasteiger partial charge >= 0.3 is 6.18 Å². The molecule has 0 amide bonds. The van der Waals surface area contributed by atoms with Gasteiger partial charge in [-0.25, -0.2) is 4.98 Å². The van der Waals surface area contributed by atoms with E-state index < -0.39 is 19.2 Å². The summed E-state index contributed by atoms with van der Waals surface area (Å²) in [7, 11) is 0. The summed E-state index contributed by atoms with van der Waals surface area (Å²) in [5.74, 6) is 0.0433. The smallest absolute Gasteiger partial charge is 0.392 e. The fourth-order valence-corrected chi connectivity index (χ4v) is 1.45. The largest absolute Gasteiger partial charge is 0.477 e. The molecule has 0 aromatic carbocycles. The zero-order chi connectivity index (χ0) is 13.1. The first-order valence-corrected chi connectivity index (χ1v) is 5.17. The van der Waals surface area contributed by atoms with E-state index in [4.69, 9.17) is 22.7 Å². The van der Waals surface area contributed by atoms with Crippen molar-refractivity contribution >= 4 is 17.2 Å². The third-order valence-corrected chi connectivity index (χ3v) is 2.20. The number of pyridine rings is 1. The second kappa shape index (κ2) is 5.31. The van der Waals surface area contributed by atoms with Gasteiger partial charge in [0.25, 0.3) is 0 Å². The van der Waals surface area contributed by atoms with Gasteiger partial charge in [0.1, 0.15) is 4.99 Å². The molecule has 0 atom stereocenters. The molecule has 0 bridgehead atoms. The summed E-state index contributed by atoms with van der Waals surface area (Å²) in [6.07, 6.45) is -3.87. The third-order valence-electron chi connectivity index (χ3n) is 2.00. The third kappa shape index (κ3) is 4.18. The molecule has 1 aromatic rings. The minimum Gasteiger partial charge on any atom is -0.477 e. The number of nitrogens with zero attached hydrogens (tertiary/aromatic N) is 1. The molecule has 0 saturated heterocycles. The molecular weight excluding hydrogens is 253 g/mol. The molecule has 94 valence electrons. The van der Waals surface area contributed by atoms with Crippen LogP contribution in [0.25, 0.3) is 0 Å². The van der Waals surface area contributed by atoms with Crippen LogP contribution in [-0.2, 0) is 0 Å². The van der Waals surface area contributed by atoms with Crippen molar-refractivity contribution in [2.24, 2.45) is 5.73 Å². The average Bonchev–Trinajstić information content (AvgIpc) is 2.14. The van der Waals surface area contributed by atoms with Crippen LogP contribution in [0, 0.1) is 6.92 Å². The van der Waals surface area contributed by atoms with Crippen LogP contribution in [0.3, 0.4) is 0 Å². The first-order valence-electron chi connectivity index (χ1n) is 4.76. The summed E-state index contributed by atoms with van der Waals surface area (Å²) in [6, 6.07) is 1.66. The minimum atomic E-state index is -4.26. The number of nitrogens with two attached hydrogens (primary N) is 1. The molecule has 0 fully saturated rings. The quantitative estimate of drug-likeness (QED) is 0.848. The zero-order valence-corrected chi connectivity index (χ0v) is 9.86. The average molecular weight is 264 g/mol. The predicted octanol–water partition coefficient (Wildman–Crippen LogP) is 2.36. The fraction of sp³-hybridized carbons (Fsp3) is 0.400. The Morgan fingerprint density at radius 3 is 2.71 bits per heavy atom. The number of thiocarbonyl (C=S) groups is 1. The SMILES string of the molecule is Cc1ccnc(OCCC(F)(F)F)c1C(N)=S. The molecule has 0 radical (unpaired) electrons. The van der Waals surface area contributed by atoms with Crippen LogP contribution in [0.4, 0.5) is 13.2 Å². The highest BCUT2D eigenvalue weighted by molar-refractivity contribution is 7.80. The maximum absolute atomic E-state index is 11.9. The summed E-state index contributed by atoms with van der Waals surface area (Å²) < 4.78 is 40.8. The first-order chi connectivity index (χ1) is 7.81. The number of alkyl halides is 3. The first kappa shape index (κ1) is 13.7. The van der Waals surface area contributed by atoms with Crippen molar-refractivity contribution in [3.05, 3.63) is 23.4 Å². The lowest BCUT2D eigenvalue weighted by Gasteiger charge is -2.12. The van der Waals surface area contributed by atoms with Crippen molar-refractivity contribution in [1.82, 2.24) is 4.98 Å². The Bertz CT molecular complexity index is 421. The maximum Gasteiger partial charge on any atom is 0.392 e. The van der Waals surface area contributed by atoms with Gasteiger partial charge in [-0.15, -0.1) is 0 Å². The Kier molecular flexibility index (Phi) is 4.28. The van der Waals surface area contributed by atoms with E-state index in [1.165, 1.54) is 6.20 Å². The van der Waals surface area contributed by atoms with Gasteiger partial charge in [-0.3, -0.25) is 0 Å². The molecule has 2 N–H and O–H groups in total. The Hall–Kier alpha value is -1.37. The number of hydrogen-bond acceptors (Lipinski definition) is 3. The van der Waals surface area contributed by atoms with E-state index in [0.29, 0.717) is 5.56 Å². The van der Waals surface area contributed by atoms with Crippen molar-refractivity contribution in [2.45, 2.75) is 19.5 Å². The van der Waals surface area contributed by atoms with E-state index in [-0.39, 0.29) is 10.9 Å². The van der Waals surface area contributed by atoms with Gasteiger partial charge in [0, 0.05) is 6.20 Å². The molecule has 1 heterocycles. The van der Waals surface area contributed by atoms with Crippen LogP contribution in [0.1, 0.15) is 17.5 Å². The van der Waals surface area contributed by atoms with Crippen LogP contribution < -0.4 is 10.5 Å². The second-order valence-corrected chi connectivity index (χ2v) is 3.83. The van der Waals surface area contributed by atoms with Gasteiger partial charge in [0.15, 0.2) is 0 Å². The highest BCUT2D eigenvalue weighted by atomic mass is 32.1. The van der Waals surface area contributed by atoms with Crippen LogP contribution in [-0.4, -0.2) is 22.8 Å². The summed E-state index contributed by atoms with van der Waals surface area (Å²) in [5, 5.41) is 0. The molecule has 0 aliphatic heterocycles. The van der Waals surface area contributed by atoms with Gasteiger partial charge in [0.2, 0.25) is 5.88 Å². The van der Waals surface area contributed by atoms with E-state index >= 15 is 0 Å². The van der Waals surface area contributed by atoms with Gasteiger partial charge < -0.3 is 10.5 Å². The normalized spacial score (nSPS) is 11.3. The van der Waals surface area contributed by atoms with E-state index in [9.17, 15) is 13.2 Å². The summed E-state index contributed by atoms with van der Waals surface area (Å²) in [5.41, 5.74) is 6.56. The molecule has 0 aliphatic rings. The number of hydrogen-bond donors (Lipinski definition) is 1.